The van der Waals surface area contributed by atoms with Crippen molar-refractivity contribution in [1.29, 1.82) is 0 Å². The molecule has 0 fully saturated rings. The predicted octanol–water partition coefficient (Wildman–Crippen LogP) is 4.18. The second-order valence-corrected chi connectivity index (χ2v) is 5.15. The fourth-order valence-corrected chi connectivity index (χ4v) is 2.15. The number of alkyl halides is 3. The molecule has 0 aliphatic rings. The molecule has 0 unspecified atom stereocenters. The number of non-ortho nitro benzene ring substituents is 1. The maximum absolute atomic E-state index is 13.1. The van der Waals surface area contributed by atoms with Crippen molar-refractivity contribution in [3.63, 3.8) is 0 Å². The van der Waals surface area contributed by atoms with Crippen molar-refractivity contribution >= 4 is 21.6 Å². The van der Waals surface area contributed by atoms with E-state index in [-0.39, 0.29) is 5.69 Å². The molecule has 0 spiro atoms. The van der Waals surface area contributed by atoms with Crippen LogP contribution in [-0.2, 0) is 6.18 Å². The predicted molar refractivity (Wildman–Crippen MR) is 72.4 cm³/mol. The van der Waals surface area contributed by atoms with Gasteiger partial charge in [-0.25, -0.2) is 4.68 Å². The normalized spacial score (nSPS) is 11.7. The molecule has 1 aromatic heterocycles. The molecule has 0 radical (unpaired) electrons. The lowest BCUT2D eigenvalue weighted by Crippen LogP contribution is -2.13. The first-order chi connectivity index (χ1) is 9.62. The minimum Gasteiger partial charge on any atom is -0.258 e. The van der Waals surface area contributed by atoms with E-state index in [1.807, 2.05) is 0 Å². The summed E-state index contributed by atoms with van der Waals surface area (Å²) < 4.78 is 41.1. The van der Waals surface area contributed by atoms with Crippen LogP contribution in [0, 0.1) is 24.0 Å². The number of aromatic nitrogens is 2. The molecule has 1 aromatic carbocycles. The van der Waals surface area contributed by atoms with E-state index in [1.54, 1.807) is 13.8 Å². The summed E-state index contributed by atoms with van der Waals surface area (Å²) in [6.07, 6.45) is -4.72. The molecule has 112 valence electrons. The summed E-state index contributed by atoms with van der Waals surface area (Å²) in [5.41, 5.74) is -0.966. The van der Waals surface area contributed by atoms with Crippen LogP contribution in [0.25, 0.3) is 5.69 Å². The van der Waals surface area contributed by atoms with Crippen LogP contribution in [0.5, 0.6) is 0 Å². The first-order valence-corrected chi connectivity index (χ1v) is 6.50. The summed E-state index contributed by atoms with van der Waals surface area (Å²) >= 11 is 3.24. The Bertz CT molecular complexity index is 725. The third-order valence-electron chi connectivity index (χ3n) is 2.93. The number of hydrogen-bond donors (Lipinski definition) is 0. The highest BCUT2D eigenvalue weighted by molar-refractivity contribution is 9.10. The molecule has 21 heavy (non-hydrogen) atoms. The number of nitro groups is 1. The summed E-state index contributed by atoms with van der Waals surface area (Å²) in [6.45, 7) is 3.25. The van der Waals surface area contributed by atoms with Crippen LogP contribution < -0.4 is 0 Å². The lowest BCUT2D eigenvalue weighted by atomic mass is 10.1. The van der Waals surface area contributed by atoms with Crippen molar-refractivity contribution in [2.24, 2.45) is 0 Å². The van der Waals surface area contributed by atoms with Crippen LogP contribution in [0.1, 0.15) is 17.0 Å². The summed E-state index contributed by atoms with van der Waals surface area (Å²) in [5.74, 6) is 0. The van der Waals surface area contributed by atoms with Crippen molar-refractivity contribution in [1.82, 2.24) is 9.78 Å². The Morgan fingerprint density at radius 2 is 1.95 bits per heavy atom. The van der Waals surface area contributed by atoms with Crippen molar-refractivity contribution < 1.29 is 18.1 Å². The highest BCUT2D eigenvalue weighted by Crippen LogP contribution is 2.37. The zero-order valence-corrected chi connectivity index (χ0v) is 12.5. The Hall–Kier alpha value is -1.90. The summed E-state index contributed by atoms with van der Waals surface area (Å²) in [6, 6.07) is 2.58. The molecule has 2 aromatic rings. The number of nitro benzene ring substituents is 1. The average molecular weight is 364 g/mol. The molecule has 0 saturated heterocycles. The molecule has 0 bridgehead atoms. The van der Waals surface area contributed by atoms with Gasteiger partial charge in [-0.2, -0.15) is 18.3 Å². The smallest absolute Gasteiger partial charge is 0.258 e. The maximum Gasteiger partial charge on any atom is 0.418 e. The fraction of sp³-hybridized carbons (Fsp3) is 0.250. The molecule has 1 heterocycles. The molecule has 0 atom stereocenters. The Kier molecular flexibility index (Phi) is 3.79. The second-order valence-electron chi connectivity index (χ2n) is 4.35. The number of aryl methyl sites for hydroxylation is 1. The van der Waals surface area contributed by atoms with Crippen LogP contribution >= 0.6 is 15.9 Å². The molecule has 0 amide bonds. The number of rotatable bonds is 2. The van der Waals surface area contributed by atoms with Crippen molar-refractivity contribution in [3.8, 4) is 5.69 Å². The molecule has 0 saturated carbocycles. The van der Waals surface area contributed by atoms with Gasteiger partial charge < -0.3 is 0 Å². The van der Waals surface area contributed by atoms with Gasteiger partial charge in [-0.05, 0) is 35.8 Å². The number of halogens is 4. The minimum atomic E-state index is -4.72. The van der Waals surface area contributed by atoms with Crippen molar-refractivity contribution in [2.45, 2.75) is 20.0 Å². The molecular formula is C12H9BrF3N3O2. The van der Waals surface area contributed by atoms with Gasteiger partial charge in [-0.1, -0.05) is 0 Å². The van der Waals surface area contributed by atoms with Gasteiger partial charge in [0.05, 0.1) is 32.0 Å². The van der Waals surface area contributed by atoms with E-state index in [9.17, 15) is 23.3 Å². The van der Waals surface area contributed by atoms with Crippen LogP contribution in [-0.4, -0.2) is 14.7 Å². The standard InChI is InChI=1S/C12H9BrF3N3O2/c1-6-11(13)7(2)18(17-6)10-4-3-8(19(20)21)5-9(10)12(14,15)16/h3-5H,1-2H3. The molecule has 0 N–H and O–H groups in total. The monoisotopic (exact) mass is 363 g/mol. The van der Waals surface area contributed by atoms with E-state index in [0.29, 0.717) is 21.9 Å². The second kappa shape index (κ2) is 5.14. The Labute approximate surface area is 125 Å². The van der Waals surface area contributed by atoms with Crippen molar-refractivity contribution in [3.05, 3.63) is 49.7 Å². The Morgan fingerprint density at radius 3 is 2.38 bits per heavy atom. The first-order valence-electron chi connectivity index (χ1n) is 5.70. The highest BCUT2D eigenvalue weighted by Gasteiger charge is 2.36. The summed E-state index contributed by atoms with van der Waals surface area (Å²) in [5, 5.41) is 14.7. The van der Waals surface area contributed by atoms with Crippen LogP contribution in [0.2, 0.25) is 0 Å². The van der Waals surface area contributed by atoms with Gasteiger partial charge in [0, 0.05) is 12.1 Å². The average Bonchev–Trinajstić information content (AvgIpc) is 2.64. The number of nitrogens with zero attached hydrogens (tertiary/aromatic N) is 3. The number of benzene rings is 1. The van der Waals surface area contributed by atoms with Gasteiger partial charge in [0.15, 0.2) is 0 Å². The molecule has 9 heteroatoms. The van der Waals surface area contributed by atoms with Gasteiger partial charge >= 0.3 is 6.18 Å². The lowest BCUT2D eigenvalue weighted by molar-refractivity contribution is -0.385. The minimum absolute atomic E-state index is 0.251. The number of hydrogen-bond acceptors (Lipinski definition) is 3. The third kappa shape index (κ3) is 2.78. The van der Waals surface area contributed by atoms with E-state index in [2.05, 4.69) is 21.0 Å². The maximum atomic E-state index is 13.1. The van der Waals surface area contributed by atoms with E-state index in [1.165, 1.54) is 0 Å². The molecular weight excluding hydrogens is 355 g/mol. The lowest BCUT2D eigenvalue weighted by Gasteiger charge is -2.13. The van der Waals surface area contributed by atoms with Gasteiger partial charge in [-0.3, -0.25) is 10.1 Å². The summed E-state index contributed by atoms with van der Waals surface area (Å²) in [4.78, 5) is 9.80. The van der Waals surface area contributed by atoms with E-state index >= 15 is 0 Å². The highest BCUT2D eigenvalue weighted by atomic mass is 79.9. The Balaban J connectivity index is 2.74. The van der Waals surface area contributed by atoms with Gasteiger partial charge in [0.25, 0.3) is 5.69 Å². The molecule has 2 rings (SSSR count). The first kappa shape index (κ1) is 15.5. The van der Waals surface area contributed by atoms with E-state index in [4.69, 9.17) is 0 Å². The van der Waals surface area contributed by atoms with Crippen molar-refractivity contribution in [2.75, 3.05) is 0 Å². The SMILES string of the molecule is Cc1nn(-c2ccc([N+](=O)[O-])cc2C(F)(F)F)c(C)c1Br. The largest absolute Gasteiger partial charge is 0.418 e. The van der Waals surface area contributed by atoms with Crippen LogP contribution in [0.15, 0.2) is 22.7 Å². The van der Waals surface area contributed by atoms with Crippen LogP contribution in [0.3, 0.4) is 0 Å². The van der Waals surface area contributed by atoms with Crippen LogP contribution in [0.4, 0.5) is 18.9 Å². The third-order valence-corrected chi connectivity index (χ3v) is 4.08. The summed E-state index contributed by atoms with van der Waals surface area (Å²) in [7, 11) is 0. The van der Waals surface area contributed by atoms with Gasteiger partial charge in [0.2, 0.25) is 0 Å². The Morgan fingerprint density at radius 1 is 1.33 bits per heavy atom. The quantitative estimate of drug-likeness (QED) is 0.593. The molecule has 0 aliphatic carbocycles. The zero-order chi connectivity index (χ0) is 15.9. The van der Waals surface area contributed by atoms with Gasteiger partial charge in [0.1, 0.15) is 0 Å². The molecule has 5 nitrogen and oxygen atoms in total. The van der Waals surface area contributed by atoms with Gasteiger partial charge in [-0.15, -0.1) is 0 Å². The fourth-order valence-electron chi connectivity index (χ4n) is 1.91. The molecule has 0 aliphatic heterocycles. The zero-order valence-electron chi connectivity index (χ0n) is 10.9. The van der Waals surface area contributed by atoms with E-state index < -0.39 is 22.4 Å². The topological polar surface area (TPSA) is 61.0 Å². The van der Waals surface area contributed by atoms with E-state index in [0.717, 1.165) is 16.8 Å².